The lowest BCUT2D eigenvalue weighted by Crippen LogP contribution is -2.41. The third kappa shape index (κ3) is 7.93. The highest BCUT2D eigenvalue weighted by molar-refractivity contribution is 7.91. The molecule has 2 aliphatic rings. The highest BCUT2D eigenvalue weighted by Gasteiger charge is 2.28. The van der Waals surface area contributed by atoms with Gasteiger partial charge in [0.25, 0.3) is 0 Å². The van der Waals surface area contributed by atoms with E-state index in [1.54, 1.807) is 7.05 Å². The smallest absolute Gasteiger partial charge is 0.222 e. The molecule has 7 nitrogen and oxygen atoms in total. The maximum atomic E-state index is 11.9. The second-order valence-electron chi connectivity index (χ2n) is 7.49. The number of aliphatic imine (C=N–C) groups is 1. The summed E-state index contributed by atoms with van der Waals surface area (Å²) in [5.41, 5.74) is 0. The van der Waals surface area contributed by atoms with Gasteiger partial charge in [-0.25, -0.2) is 8.42 Å². The minimum atomic E-state index is -2.96. The van der Waals surface area contributed by atoms with E-state index in [2.05, 4.69) is 20.9 Å². The fourth-order valence-electron chi connectivity index (χ4n) is 3.80. The highest BCUT2D eigenvalue weighted by Crippen LogP contribution is 2.26. The van der Waals surface area contributed by atoms with Crippen molar-refractivity contribution in [1.29, 1.82) is 0 Å². The molecule has 0 radical (unpaired) electrons. The monoisotopic (exact) mass is 386 g/mol. The van der Waals surface area contributed by atoms with Crippen LogP contribution in [0.3, 0.4) is 0 Å². The predicted molar refractivity (Wildman–Crippen MR) is 105 cm³/mol. The normalized spacial score (nSPS) is 23.6. The molecular formula is C18H34N4O3S. The number of carbonyl (C=O) groups is 1. The Balaban J connectivity index is 1.53. The van der Waals surface area contributed by atoms with Crippen molar-refractivity contribution in [3.05, 3.63) is 0 Å². The molecule has 0 aromatic carbocycles. The van der Waals surface area contributed by atoms with Gasteiger partial charge in [-0.05, 0) is 25.2 Å². The van der Waals surface area contributed by atoms with E-state index in [0.29, 0.717) is 25.3 Å². The van der Waals surface area contributed by atoms with E-state index in [0.717, 1.165) is 18.9 Å². The van der Waals surface area contributed by atoms with Gasteiger partial charge in [0.05, 0.1) is 11.5 Å². The van der Waals surface area contributed by atoms with Gasteiger partial charge in [-0.15, -0.1) is 0 Å². The second-order valence-corrected chi connectivity index (χ2v) is 9.72. The number of rotatable bonds is 8. The maximum Gasteiger partial charge on any atom is 0.222 e. The molecule has 0 aromatic rings. The Hall–Kier alpha value is -1.31. The van der Waals surface area contributed by atoms with E-state index in [9.17, 15) is 13.2 Å². The minimum Gasteiger partial charge on any atom is -0.356 e. The molecule has 3 N–H and O–H groups in total. The maximum absolute atomic E-state index is 11.9. The molecule has 1 heterocycles. The van der Waals surface area contributed by atoms with Crippen LogP contribution >= 0.6 is 0 Å². The highest BCUT2D eigenvalue weighted by atomic mass is 32.2. The Morgan fingerprint density at radius 3 is 2.46 bits per heavy atom. The number of sulfone groups is 1. The molecule has 1 saturated carbocycles. The molecule has 0 spiro atoms. The van der Waals surface area contributed by atoms with E-state index >= 15 is 0 Å². The zero-order valence-electron chi connectivity index (χ0n) is 15.9. The molecule has 150 valence electrons. The van der Waals surface area contributed by atoms with Crippen molar-refractivity contribution < 1.29 is 13.2 Å². The van der Waals surface area contributed by atoms with Crippen molar-refractivity contribution in [2.45, 2.75) is 63.8 Å². The van der Waals surface area contributed by atoms with Crippen molar-refractivity contribution in [3.63, 3.8) is 0 Å². The first-order valence-corrected chi connectivity index (χ1v) is 11.7. The molecular weight excluding hydrogens is 352 g/mol. The lowest BCUT2D eigenvalue weighted by atomic mass is 9.86. The molecule has 1 aliphatic carbocycles. The Labute approximate surface area is 157 Å². The molecule has 1 unspecified atom stereocenters. The predicted octanol–water partition coefficient (Wildman–Crippen LogP) is 1.21. The van der Waals surface area contributed by atoms with Crippen LogP contribution in [0.1, 0.15) is 57.8 Å². The lowest BCUT2D eigenvalue weighted by molar-refractivity contribution is -0.121. The number of carbonyl (C=O) groups excluding carboxylic acids is 1. The van der Waals surface area contributed by atoms with Crippen LogP contribution in [0.15, 0.2) is 4.99 Å². The van der Waals surface area contributed by atoms with Gasteiger partial charge in [-0.2, -0.15) is 0 Å². The van der Waals surface area contributed by atoms with Gasteiger partial charge in [0.15, 0.2) is 15.8 Å². The van der Waals surface area contributed by atoms with E-state index in [-0.39, 0.29) is 23.5 Å². The van der Waals surface area contributed by atoms with Crippen molar-refractivity contribution in [2.24, 2.45) is 10.9 Å². The van der Waals surface area contributed by atoms with Crippen LogP contribution in [0.25, 0.3) is 0 Å². The molecule has 0 aromatic heterocycles. The Morgan fingerprint density at radius 1 is 1.08 bits per heavy atom. The number of guanidine groups is 1. The van der Waals surface area contributed by atoms with Gasteiger partial charge in [-0.3, -0.25) is 9.79 Å². The molecule has 1 atom stereocenters. The Morgan fingerprint density at radius 2 is 1.81 bits per heavy atom. The molecule has 0 bridgehead atoms. The zero-order valence-corrected chi connectivity index (χ0v) is 16.7. The summed E-state index contributed by atoms with van der Waals surface area (Å²) < 4.78 is 22.8. The molecule has 1 saturated heterocycles. The van der Waals surface area contributed by atoms with Crippen LogP contribution in [-0.2, 0) is 14.6 Å². The van der Waals surface area contributed by atoms with Crippen LogP contribution in [0.4, 0.5) is 0 Å². The van der Waals surface area contributed by atoms with Gasteiger partial charge in [0.2, 0.25) is 5.91 Å². The van der Waals surface area contributed by atoms with Crippen molar-refractivity contribution >= 4 is 21.7 Å². The number of amides is 1. The molecule has 26 heavy (non-hydrogen) atoms. The quantitative estimate of drug-likeness (QED) is 0.331. The van der Waals surface area contributed by atoms with Crippen LogP contribution < -0.4 is 16.0 Å². The minimum absolute atomic E-state index is 0.0659. The van der Waals surface area contributed by atoms with Crippen LogP contribution in [0.2, 0.25) is 0 Å². The number of nitrogens with one attached hydrogen (secondary N) is 3. The third-order valence-corrected chi connectivity index (χ3v) is 7.04. The fourth-order valence-corrected chi connectivity index (χ4v) is 5.47. The third-order valence-electron chi connectivity index (χ3n) is 5.27. The molecule has 1 aliphatic heterocycles. The average Bonchev–Trinajstić information content (AvgIpc) is 2.96. The van der Waals surface area contributed by atoms with Crippen molar-refractivity contribution in [1.82, 2.24) is 16.0 Å². The van der Waals surface area contributed by atoms with Gasteiger partial charge in [-0.1, -0.05) is 32.1 Å². The molecule has 1 amide bonds. The van der Waals surface area contributed by atoms with Crippen molar-refractivity contribution in [2.75, 3.05) is 31.6 Å². The first-order valence-electron chi connectivity index (χ1n) is 9.93. The lowest BCUT2D eigenvalue weighted by Gasteiger charge is -2.21. The van der Waals surface area contributed by atoms with Gasteiger partial charge in [0.1, 0.15) is 0 Å². The summed E-state index contributed by atoms with van der Waals surface area (Å²) in [5, 5.41) is 9.23. The largest absolute Gasteiger partial charge is 0.356 e. The molecule has 2 rings (SSSR count). The first kappa shape index (κ1) is 21.0. The summed E-state index contributed by atoms with van der Waals surface area (Å²) in [4.78, 5) is 16.1. The zero-order chi connectivity index (χ0) is 18.8. The summed E-state index contributed by atoms with van der Waals surface area (Å²) in [5.74, 6) is 1.73. The summed E-state index contributed by atoms with van der Waals surface area (Å²) in [6.07, 6.45) is 10.2. The summed E-state index contributed by atoms with van der Waals surface area (Å²) >= 11 is 0. The number of hydrogen-bond donors (Lipinski definition) is 3. The van der Waals surface area contributed by atoms with E-state index in [1.807, 2.05) is 0 Å². The number of hydrogen-bond acceptors (Lipinski definition) is 4. The SMILES string of the molecule is CN=C(NCCCC1CCCCC1)NCCC(=O)NC1CCS(=O)(=O)C1. The van der Waals surface area contributed by atoms with Gasteiger partial charge < -0.3 is 16.0 Å². The molecule has 2 fully saturated rings. The average molecular weight is 387 g/mol. The topological polar surface area (TPSA) is 99.7 Å². The summed E-state index contributed by atoms with van der Waals surface area (Å²) in [6.45, 7) is 1.37. The molecule has 8 heteroatoms. The van der Waals surface area contributed by atoms with Gasteiger partial charge >= 0.3 is 0 Å². The standard InChI is InChI=1S/C18H34N4O3S/c1-19-18(20-11-5-8-15-6-3-2-4-7-15)21-12-9-17(23)22-16-10-13-26(24,25)14-16/h15-16H,2-14H2,1H3,(H,22,23)(H2,19,20,21). The second kappa shape index (κ2) is 10.7. The Kier molecular flexibility index (Phi) is 8.68. The van der Waals surface area contributed by atoms with E-state index in [1.165, 1.54) is 38.5 Å². The van der Waals surface area contributed by atoms with Gasteiger partial charge in [0, 0.05) is 32.6 Å². The number of nitrogens with zero attached hydrogens (tertiary/aromatic N) is 1. The van der Waals surface area contributed by atoms with Crippen LogP contribution in [0, 0.1) is 5.92 Å². The Bertz CT molecular complexity index is 571. The van der Waals surface area contributed by atoms with Crippen molar-refractivity contribution in [3.8, 4) is 0 Å². The fraction of sp³-hybridized carbons (Fsp3) is 0.889. The van der Waals surface area contributed by atoms with E-state index in [4.69, 9.17) is 0 Å². The first-order chi connectivity index (χ1) is 12.5. The van der Waals surface area contributed by atoms with E-state index < -0.39 is 9.84 Å². The summed E-state index contributed by atoms with van der Waals surface area (Å²) in [6, 6.07) is -0.232. The summed E-state index contributed by atoms with van der Waals surface area (Å²) in [7, 11) is -1.24. The van der Waals surface area contributed by atoms with Crippen LogP contribution in [-0.4, -0.2) is 58.0 Å². The van der Waals surface area contributed by atoms with Crippen LogP contribution in [0.5, 0.6) is 0 Å².